The number of hydrogen-bond donors (Lipinski definition) is 1. The summed E-state index contributed by atoms with van der Waals surface area (Å²) in [5.41, 5.74) is 2.34. The van der Waals surface area contributed by atoms with Crippen LogP contribution in [0.2, 0.25) is 0 Å². The van der Waals surface area contributed by atoms with E-state index < -0.39 is 11.7 Å². The summed E-state index contributed by atoms with van der Waals surface area (Å²) in [6.07, 6.45) is -3.40. The first kappa shape index (κ1) is 12.1. The lowest BCUT2D eigenvalue weighted by Crippen LogP contribution is -2.06. The van der Waals surface area contributed by atoms with Crippen molar-refractivity contribution in [3.63, 3.8) is 0 Å². The number of benzene rings is 2. The van der Waals surface area contributed by atoms with Gasteiger partial charge in [-0.25, -0.2) is 0 Å². The summed E-state index contributed by atoms with van der Waals surface area (Å²) in [5.74, 6) is 0. The summed E-state index contributed by atoms with van der Waals surface area (Å²) in [7, 11) is 0. The van der Waals surface area contributed by atoms with E-state index in [1.807, 2.05) is 6.07 Å². The van der Waals surface area contributed by atoms with E-state index in [9.17, 15) is 13.2 Å². The first-order valence-electron chi connectivity index (χ1n) is 6.09. The van der Waals surface area contributed by atoms with Crippen LogP contribution in [0.15, 0.2) is 42.5 Å². The van der Waals surface area contributed by atoms with Crippen LogP contribution < -0.4 is 5.32 Å². The Morgan fingerprint density at radius 3 is 2.58 bits per heavy atom. The Balaban J connectivity index is 2.12. The summed E-state index contributed by atoms with van der Waals surface area (Å²) in [4.78, 5) is 0. The lowest BCUT2D eigenvalue weighted by atomic mass is 9.97. The van der Waals surface area contributed by atoms with Gasteiger partial charge < -0.3 is 5.32 Å². The maximum atomic E-state index is 13.0. The summed E-state index contributed by atoms with van der Waals surface area (Å²) in [6.45, 7) is 0.847. The zero-order chi connectivity index (χ0) is 13.5. The predicted octanol–water partition coefficient (Wildman–Crippen LogP) is 4.34. The topological polar surface area (TPSA) is 12.0 Å². The van der Waals surface area contributed by atoms with E-state index in [4.69, 9.17) is 0 Å². The highest BCUT2D eigenvalue weighted by Crippen LogP contribution is 2.38. The normalized spacial score (nSPS) is 14.1. The minimum Gasteiger partial charge on any atom is -0.384 e. The molecule has 0 bridgehead atoms. The van der Waals surface area contributed by atoms with Gasteiger partial charge in [-0.1, -0.05) is 30.3 Å². The molecule has 0 aromatic heterocycles. The van der Waals surface area contributed by atoms with Crippen LogP contribution >= 0.6 is 0 Å². The number of anilines is 1. The Labute approximate surface area is 109 Å². The average Bonchev–Trinajstić information content (AvgIpc) is 2.85. The number of alkyl halides is 3. The molecule has 2 aromatic carbocycles. The van der Waals surface area contributed by atoms with Crippen molar-refractivity contribution in [3.8, 4) is 11.1 Å². The Hall–Kier alpha value is -1.97. The largest absolute Gasteiger partial charge is 0.417 e. The molecule has 0 unspecified atom stereocenters. The van der Waals surface area contributed by atoms with Gasteiger partial charge in [-0.15, -0.1) is 0 Å². The van der Waals surface area contributed by atoms with Crippen molar-refractivity contribution in [3.05, 3.63) is 53.6 Å². The van der Waals surface area contributed by atoms with Gasteiger partial charge in [0.25, 0.3) is 0 Å². The molecule has 98 valence electrons. The molecule has 1 aliphatic heterocycles. The van der Waals surface area contributed by atoms with Crippen LogP contribution in [0, 0.1) is 0 Å². The van der Waals surface area contributed by atoms with Gasteiger partial charge in [-0.05, 0) is 35.2 Å². The molecular weight excluding hydrogens is 251 g/mol. The maximum Gasteiger partial charge on any atom is 0.417 e. The molecule has 1 heterocycles. The Kier molecular flexibility index (Phi) is 2.73. The summed E-state index contributed by atoms with van der Waals surface area (Å²) in [5, 5.41) is 3.19. The SMILES string of the molecule is FC(F)(F)c1ccccc1-c1ccc2c(c1)NCC2. The molecule has 1 aliphatic rings. The molecule has 3 rings (SSSR count). The van der Waals surface area contributed by atoms with Crippen molar-refractivity contribution in [2.45, 2.75) is 12.6 Å². The maximum absolute atomic E-state index is 13.0. The molecule has 0 saturated carbocycles. The van der Waals surface area contributed by atoms with Crippen LogP contribution in [0.1, 0.15) is 11.1 Å². The molecule has 1 N–H and O–H groups in total. The molecule has 0 amide bonds. The van der Waals surface area contributed by atoms with Crippen molar-refractivity contribution in [2.24, 2.45) is 0 Å². The molecular formula is C15H12F3N. The Bertz CT molecular complexity index is 617. The molecule has 0 atom stereocenters. The highest BCUT2D eigenvalue weighted by Gasteiger charge is 2.33. The van der Waals surface area contributed by atoms with Crippen molar-refractivity contribution >= 4 is 5.69 Å². The van der Waals surface area contributed by atoms with Crippen LogP contribution in [0.25, 0.3) is 11.1 Å². The van der Waals surface area contributed by atoms with E-state index in [0.29, 0.717) is 5.56 Å². The van der Waals surface area contributed by atoms with Gasteiger partial charge in [-0.2, -0.15) is 13.2 Å². The second kappa shape index (κ2) is 4.30. The second-order valence-electron chi connectivity index (χ2n) is 4.59. The van der Waals surface area contributed by atoms with Gasteiger partial charge in [0.2, 0.25) is 0 Å². The summed E-state index contributed by atoms with van der Waals surface area (Å²) in [6, 6.07) is 11.1. The zero-order valence-corrected chi connectivity index (χ0v) is 10.1. The molecule has 0 radical (unpaired) electrons. The highest BCUT2D eigenvalue weighted by atomic mass is 19.4. The molecule has 0 spiro atoms. The van der Waals surface area contributed by atoms with E-state index >= 15 is 0 Å². The van der Waals surface area contributed by atoms with Crippen molar-refractivity contribution < 1.29 is 13.2 Å². The molecule has 19 heavy (non-hydrogen) atoms. The van der Waals surface area contributed by atoms with E-state index in [0.717, 1.165) is 30.3 Å². The van der Waals surface area contributed by atoms with Gasteiger partial charge >= 0.3 is 6.18 Å². The van der Waals surface area contributed by atoms with Crippen molar-refractivity contribution in [1.29, 1.82) is 0 Å². The minimum atomic E-state index is -4.33. The lowest BCUT2D eigenvalue weighted by Gasteiger charge is -2.13. The Morgan fingerprint density at radius 1 is 1.00 bits per heavy atom. The minimum absolute atomic E-state index is 0.228. The zero-order valence-electron chi connectivity index (χ0n) is 10.1. The van der Waals surface area contributed by atoms with E-state index in [1.165, 1.54) is 12.1 Å². The summed E-state index contributed by atoms with van der Waals surface area (Å²) >= 11 is 0. The van der Waals surface area contributed by atoms with Crippen molar-refractivity contribution in [2.75, 3.05) is 11.9 Å². The molecule has 2 aromatic rings. The first-order valence-corrected chi connectivity index (χ1v) is 6.09. The smallest absolute Gasteiger partial charge is 0.384 e. The standard InChI is InChI=1S/C15H12F3N/c16-15(17,18)13-4-2-1-3-12(13)11-6-5-10-7-8-19-14(10)9-11/h1-6,9,19H,7-8H2. The van der Waals surface area contributed by atoms with Crippen LogP contribution in [-0.2, 0) is 12.6 Å². The van der Waals surface area contributed by atoms with Crippen LogP contribution in [0.3, 0.4) is 0 Å². The fourth-order valence-corrected chi connectivity index (χ4v) is 2.44. The van der Waals surface area contributed by atoms with Gasteiger partial charge in [0.05, 0.1) is 5.56 Å². The Morgan fingerprint density at radius 2 is 1.79 bits per heavy atom. The third kappa shape index (κ3) is 2.18. The average molecular weight is 263 g/mol. The van der Waals surface area contributed by atoms with Gasteiger partial charge in [0.1, 0.15) is 0 Å². The number of hydrogen-bond acceptors (Lipinski definition) is 1. The number of halogens is 3. The van der Waals surface area contributed by atoms with Crippen molar-refractivity contribution in [1.82, 2.24) is 0 Å². The fraction of sp³-hybridized carbons (Fsp3) is 0.200. The van der Waals surface area contributed by atoms with Gasteiger partial charge in [-0.3, -0.25) is 0 Å². The van der Waals surface area contributed by atoms with Gasteiger partial charge in [0.15, 0.2) is 0 Å². The fourth-order valence-electron chi connectivity index (χ4n) is 2.44. The molecule has 0 aliphatic carbocycles. The molecule has 0 saturated heterocycles. The van der Waals surface area contributed by atoms with Gasteiger partial charge in [0, 0.05) is 12.2 Å². The number of rotatable bonds is 1. The highest BCUT2D eigenvalue weighted by molar-refractivity contribution is 5.74. The summed E-state index contributed by atoms with van der Waals surface area (Å²) < 4.78 is 39.0. The van der Waals surface area contributed by atoms with E-state index in [1.54, 1.807) is 18.2 Å². The molecule has 1 nitrogen and oxygen atoms in total. The number of fused-ring (bicyclic) bond motifs is 1. The van der Waals surface area contributed by atoms with E-state index in [-0.39, 0.29) is 5.56 Å². The number of nitrogens with one attached hydrogen (secondary N) is 1. The monoisotopic (exact) mass is 263 g/mol. The third-order valence-corrected chi connectivity index (χ3v) is 3.36. The van der Waals surface area contributed by atoms with Crippen LogP contribution in [0.5, 0.6) is 0 Å². The van der Waals surface area contributed by atoms with Crippen LogP contribution in [0.4, 0.5) is 18.9 Å². The van der Waals surface area contributed by atoms with Crippen LogP contribution in [-0.4, -0.2) is 6.54 Å². The first-order chi connectivity index (χ1) is 9.05. The molecule has 4 heteroatoms. The second-order valence-corrected chi connectivity index (χ2v) is 4.59. The quantitative estimate of drug-likeness (QED) is 0.807. The predicted molar refractivity (Wildman–Crippen MR) is 69.1 cm³/mol. The van der Waals surface area contributed by atoms with E-state index in [2.05, 4.69) is 5.32 Å². The third-order valence-electron chi connectivity index (χ3n) is 3.36. The lowest BCUT2D eigenvalue weighted by molar-refractivity contribution is -0.137. The molecule has 0 fully saturated rings.